The zero-order valence-corrected chi connectivity index (χ0v) is 12.4. The number of para-hydroxylation sites is 1. The monoisotopic (exact) mass is 323 g/mol. The quantitative estimate of drug-likeness (QED) is 0.671. The number of rotatable bonds is 4. The van der Waals surface area contributed by atoms with Crippen molar-refractivity contribution >= 4 is 33.4 Å². The van der Waals surface area contributed by atoms with Crippen LogP contribution in [0.15, 0.2) is 51.8 Å². The van der Waals surface area contributed by atoms with Gasteiger partial charge in [0.25, 0.3) is 0 Å². The molecular weight excluding hydrogens is 310 g/mol. The summed E-state index contributed by atoms with van der Waals surface area (Å²) in [5.74, 6) is 1.73. The summed E-state index contributed by atoms with van der Waals surface area (Å²) < 4.78 is 6.41. The molecule has 0 radical (unpaired) electrons. The van der Waals surface area contributed by atoms with Crippen LogP contribution >= 0.6 is 27.7 Å². The van der Waals surface area contributed by atoms with E-state index in [2.05, 4.69) is 22.0 Å². The van der Waals surface area contributed by atoms with Crippen molar-refractivity contribution in [1.29, 1.82) is 0 Å². The number of methoxy groups -OCH3 is 1. The van der Waals surface area contributed by atoms with E-state index >= 15 is 0 Å². The molecule has 2 nitrogen and oxygen atoms in total. The molecule has 18 heavy (non-hydrogen) atoms. The van der Waals surface area contributed by atoms with Crippen LogP contribution < -0.4 is 10.5 Å². The van der Waals surface area contributed by atoms with E-state index in [9.17, 15) is 0 Å². The number of nitrogen functional groups attached to an aromatic ring is 1. The van der Waals surface area contributed by atoms with Gasteiger partial charge in [0.05, 0.1) is 7.11 Å². The lowest BCUT2D eigenvalue weighted by Gasteiger charge is -2.09. The van der Waals surface area contributed by atoms with Crippen molar-refractivity contribution in [1.82, 2.24) is 0 Å². The average Bonchev–Trinajstić information content (AvgIpc) is 2.38. The third kappa shape index (κ3) is 3.21. The molecule has 2 rings (SSSR count). The van der Waals surface area contributed by atoms with E-state index in [4.69, 9.17) is 10.5 Å². The first-order valence-corrected chi connectivity index (χ1v) is 7.28. The van der Waals surface area contributed by atoms with Gasteiger partial charge in [0, 0.05) is 26.4 Å². The SMILES string of the molecule is COc1ccc(Br)cc1CSc1ccccc1N. The minimum Gasteiger partial charge on any atom is -0.496 e. The second-order valence-corrected chi connectivity index (χ2v) is 5.72. The number of anilines is 1. The molecule has 0 fully saturated rings. The highest BCUT2D eigenvalue weighted by molar-refractivity contribution is 9.10. The maximum absolute atomic E-state index is 5.92. The van der Waals surface area contributed by atoms with Crippen molar-refractivity contribution in [3.8, 4) is 5.75 Å². The Kier molecular flexibility index (Phi) is 4.55. The minimum absolute atomic E-state index is 0.816. The van der Waals surface area contributed by atoms with Crippen LogP contribution in [0, 0.1) is 0 Å². The number of halogens is 1. The number of hydrogen-bond acceptors (Lipinski definition) is 3. The zero-order chi connectivity index (χ0) is 13.0. The Morgan fingerprint density at radius 2 is 2.00 bits per heavy atom. The first-order chi connectivity index (χ1) is 8.70. The molecular formula is C14H14BrNOS. The maximum Gasteiger partial charge on any atom is 0.122 e. The minimum atomic E-state index is 0.816. The lowest BCUT2D eigenvalue weighted by Crippen LogP contribution is -1.92. The van der Waals surface area contributed by atoms with Crippen LogP contribution in [0.3, 0.4) is 0 Å². The van der Waals surface area contributed by atoms with Crippen molar-refractivity contribution in [2.24, 2.45) is 0 Å². The van der Waals surface area contributed by atoms with Crippen LogP contribution in [0.1, 0.15) is 5.56 Å². The maximum atomic E-state index is 5.92. The first kappa shape index (κ1) is 13.3. The molecule has 0 amide bonds. The highest BCUT2D eigenvalue weighted by atomic mass is 79.9. The van der Waals surface area contributed by atoms with Crippen molar-refractivity contribution in [2.45, 2.75) is 10.6 Å². The van der Waals surface area contributed by atoms with E-state index in [1.165, 1.54) is 0 Å². The molecule has 4 heteroatoms. The summed E-state index contributed by atoms with van der Waals surface area (Å²) >= 11 is 5.19. The summed E-state index contributed by atoms with van der Waals surface area (Å²) in [7, 11) is 1.69. The van der Waals surface area contributed by atoms with E-state index in [1.807, 2.05) is 36.4 Å². The molecule has 94 valence electrons. The normalized spacial score (nSPS) is 10.3. The Balaban J connectivity index is 2.15. The van der Waals surface area contributed by atoms with Crippen molar-refractivity contribution in [3.05, 3.63) is 52.5 Å². The molecule has 0 spiro atoms. The van der Waals surface area contributed by atoms with Gasteiger partial charge in [-0.3, -0.25) is 0 Å². The standard InChI is InChI=1S/C14H14BrNOS/c1-17-13-7-6-11(15)8-10(13)9-18-14-5-3-2-4-12(14)16/h2-8H,9,16H2,1H3. The first-order valence-electron chi connectivity index (χ1n) is 5.50. The number of nitrogens with two attached hydrogens (primary N) is 1. The van der Waals surface area contributed by atoms with Crippen LogP contribution in [-0.2, 0) is 5.75 Å². The smallest absolute Gasteiger partial charge is 0.122 e. The van der Waals surface area contributed by atoms with E-state index in [1.54, 1.807) is 18.9 Å². The summed E-state index contributed by atoms with van der Waals surface area (Å²) in [4.78, 5) is 1.10. The predicted octanol–water partition coefficient (Wildman–Crippen LogP) is 4.33. The summed E-state index contributed by atoms with van der Waals surface area (Å²) in [6.45, 7) is 0. The van der Waals surface area contributed by atoms with E-state index < -0.39 is 0 Å². The fourth-order valence-electron chi connectivity index (χ4n) is 1.63. The molecule has 0 unspecified atom stereocenters. The second-order valence-electron chi connectivity index (χ2n) is 3.78. The number of hydrogen-bond donors (Lipinski definition) is 1. The number of benzene rings is 2. The highest BCUT2D eigenvalue weighted by Crippen LogP contribution is 2.32. The summed E-state index contributed by atoms with van der Waals surface area (Å²) in [6.07, 6.45) is 0. The molecule has 0 aliphatic rings. The van der Waals surface area contributed by atoms with Gasteiger partial charge in [-0.2, -0.15) is 0 Å². The molecule has 0 aromatic heterocycles. The topological polar surface area (TPSA) is 35.2 Å². The Morgan fingerprint density at radius 1 is 1.22 bits per heavy atom. The van der Waals surface area contributed by atoms with E-state index in [0.717, 1.165) is 32.1 Å². The number of thioether (sulfide) groups is 1. The van der Waals surface area contributed by atoms with Crippen LogP contribution in [0.4, 0.5) is 5.69 Å². The average molecular weight is 324 g/mol. The number of ether oxygens (including phenoxy) is 1. The molecule has 0 aliphatic carbocycles. The van der Waals surface area contributed by atoms with E-state index in [-0.39, 0.29) is 0 Å². The lowest BCUT2D eigenvalue weighted by molar-refractivity contribution is 0.411. The van der Waals surface area contributed by atoms with Crippen molar-refractivity contribution in [2.75, 3.05) is 12.8 Å². The fourth-order valence-corrected chi connectivity index (χ4v) is 2.98. The zero-order valence-electron chi connectivity index (χ0n) is 10.0. The molecule has 2 aromatic rings. The summed E-state index contributed by atoms with van der Waals surface area (Å²) in [5, 5.41) is 0. The molecule has 0 heterocycles. The van der Waals surface area contributed by atoms with Gasteiger partial charge in [-0.05, 0) is 30.3 Å². The van der Waals surface area contributed by atoms with Crippen LogP contribution in [0.25, 0.3) is 0 Å². The molecule has 0 atom stereocenters. The Hall–Kier alpha value is -1.13. The Morgan fingerprint density at radius 3 is 2.72 bits per heavy atom. The van der Waals surface area contributed by atoms with Gasteiger partial charge in [0.15, 0.2) is 0 Å². The van der Waals surface area contributed by atoms with Gasteiger partial charge in [-0.1, -0.05) is 28.1 Å². The molecule has 2 aromatic carbocycles. The largest absolute Gasteiger partial charge is 0.496 e. The predicted molar refractivity (Wildman–Crippen MR) is 81.1 cm³/mol. The third-order valence-corrected chi connectivity index (χ3v) is 4.18. The Bertz CT molecular complexity index is 545. The van der Waals surface area contributed by atoms with E-state index in [0.29, 0.717) is 0 Å². The van der Waals surface area contributed by atoms with Crippen molar-refractivity contribution in [3.63, 3.8) is 0 Å². The van der Waals surface area contributed by atoms with Crippen LogP contribution in [0.5, 0.6) is 5.75 Å². The fraction of sp³-hybridized carbons (Fsp3) is 0.143. The van der Waals surface area contributed by atoms with Crippen LogP contribution in [0.2, 0.25) is 0 Å². The molecule has 0 saturated carbocycles. The third-order valence-electron chi connectivity index (χ3n) is 2.54. The van der Waals surface area contributed by atoms with Gasteiger partial charge >= 0.3 is 0 Å². The van der Waals surface area contributed by atoms with Gasteiger partial charge in [0.2, 0.25) is 0 Å². The van der Waals surface area contributed by atoms with Gasteiger partial charge < -0.3 is 10.5 Å². The highest BCUT2D eigenvalue weighted by Gasteiger charge is 2.06. The van der Waals surface area contributed by atoms with Crippen molar-refractivity contribution < 1.29 is 4.74 Å². The summed E-state index contributed by atoms with van der Waals surface area (Å²) in [6, 6.07) is 13.9. The molecule has 0 saturated heterocycles. The van der Waals surface area contributed by atoms with Crippen LogP contribution in [-0.4, -0.2) is 7.11 Å². The summed E-state index contributed by atoms with van der Waals surface area (Å²) in [5.41, 5.74) is 7.89. The van der Waals surface area contributed by atoms with Gasteiger partial charge in [0.1, 0.15) is 5.75 Å². The molecule has 2 N–H and O–H groups in total. The molecule has 0 aliphatic heterocycles. The second kappa shape index (κ2) is 6.16. The lowest BCUT2D eigenvalue weighted by atomic mass is 10.2. The Labute approximate surface area is 120 Å². The molecule has 0 bridgehead atoms. The van der Waals surface area contributed by atoms with Gasteiger partial charge in [-0.15, -0.1) is 11.8 Å². The van der Waals surface area contributed by atoms with Gasteiger partial charge in [-0.25, -0.2) is 0 Å².